The van der Waals surface area contributed by atoms with E-state index in [4.69, 9.17) is 15.6 Å². The lowest BCUT2D eigenvalue weighted by atomic mass is 10.1. The lowest BCUT2D eigenvalue weighted by Gasteiger charge is -2.20. The Morgan fingerprint density at radius 1 is 1.38 bits per heavy atom. The third-order valence-corrected chi connectivity index (χ3v) is 3.16. The van der Waals surface area contributed by atoms with E-state index in [1.807, 2.05) is 10.3 Å². The largest absolute Gasteiger partial charge is 0.394 e. The molecule has 11 heteroatoms. The number of aromatic nitrogens is 2. The van der Waals surface area contributed by atoms with Gasteiger partial charge in [-0.15, -0.1) is 0 Å². The molecule has 0 bridgehead atoms. The van der Waals surface area contributed by atoms with Crippen LogP contribution in [0, 0.1) is 0 Å². The van der Waals surface area contributed by atoms with E-state index in [0.717, 1.165) is 0 Å². The van der Waals surface area contributed by atoms with Crippen molar-refractivity contribution >= 4 is 17.9 Å². The molecule has 1 aromatic rings. The molecular formula is C10H14N4O7. The molecule has 1 fully saturated rings. The summed E-state index contributed by atoms with van der Waals surface area (Å²) in [6.07, 6.45) is -5.36. The molecule has 1 saturated heterocycles. The van der Waals surface area contributed by atoms with Gasteiger partial charge in [-0.3, -0.25) is 14.6 Å². The second kappa shape index (κ2) is 5.65. The molecule has 0 saturated carbocycles. The second-order valence-corrected chi connectivity index (χ2v) is 4.38. The number of nitrogens with one attached hydrogen (secondary N) is 2. The van der Waals surface area contributed by atoms with Crippen molar-refractivity contribution < 1.29 is 24.9 Å². The van der Waals surface area contributed by atoms with E-state index in [2.05, 4.69) is 0 Å². The van der Waals surface area contributed by atoms with Crippen LogP contribution >= 0.6 is 0 Å². The number of nitrogen functional groups attached to an aromatic ring is 1. The van der Waals surface area contributed by atoms with Crippen molar-refractivity contribution in [2.24, 2.45) is 0 Å². The Balaban J connectivity index is 2.54. The highest BCUT2D eigenvalue weighted by Gasteiger charge is 2.44. The first-order valence-electron chi connectivity index (χ1n) is 5.89. The normalized spacial score (nSPS) is 28.5. The molecule has 11 nitrogen and oxygen atoms in total. The predicted octanol–water partition coefficient (Wildman–Crippen LogP) is -3.70. The number of nitrogens with two attached hydrogens (primary N) is 1. The Morgan fingerprint density at radius 2 is 2.05 bits per heavy atom. The van der Waals surface area contributed by atoms with Crippen molar-refractivity contribution in [3.63, 3.8) is 0 Å². The standard InChI is InChI=1S/C10H14N4O7/c11-7-4(12-2-16)8(19)13-10(20)14(7)9-6(18)5(17)3(1-15)21-9/h2-3,5-6,9,15,17-18H,1,11H2,(H,12,16)(H,13,19,20)/t3-,5-,6-,9-/m1/s1. The zero-order valence-electron chi connectivity index (χ0n) is 10.6. The minimum Gasteiger partial charge on any atom is -0.394 e. The molecule has 7 N–H and O–H groups in total. The third kappa shape index (κ3) is 2.42. The van der Waals surface area contributed by atoms with E-state index in [-0.39, 0.29) is 6.41 Å². The maximum atomic E-state index is 11.8. The van der Waals surface area contributed by atoms with E-state index in [9.17, 15) is 24.6 Å². The van der Waals surface area contributed by atoms with Gasteiger partial charge in [0.05, 0.1) is 6.61 Å². The van der Waals surface area contributed by atoms with Crippen LogP contribution in [0.2, 0.25) is 0 Å². The molecule has 1 aliphatic rings. The van der Waals surface area contributed by atoms with Crippen molar-refractivity contribution in [1.29, 1.82) is 0 Å². The summed E-state index contributed by atoms with van der Waals surface area (Å²) in [5.41, 5.74) is 3.31. The first kappa shape index (κ1) is 15.2. The van der Waals surface area contributed by atoms with Gasteiger partial charge in [0.25, 0.3) is 5.56 Å². The summed E-state index contributed by atoms with van der Waals surface area (Å²) < 4.78 is 5.83. The Kier molecular flexibility index (Phi) is 4.09. The molecule has 1 aliphatic heterocycles. The Bertz CT molecular complexity index is 654. The topological polar surface area (TPSA) is 180 Å². The summed E-state index contributed by atoms with van der Waals surface area (Å²) in [4.78, 5) is 35.7. The Labute approximate surface area is 116 Å². The van der Waals surface area contributed by atoms with Crippen molar-refractivity contribution in [3.8, 4) is 0 Å². The van der Waals surface area contributed by atoms with Gasteiger partial charge in [0.1, 0.15) is 29.8 Å². The zero-order valence-corrected chi connectivity index (χ0v) is 10.6. The summed E-state index contributed by atoms with van der Waals surface area (Å²) in [5, 5.41) is 30.6. The van der Waals surface area contributed by atoms with Crippen LogP contribution in [-0.2, 0) is 9.53 Å². The second-order valence-electron chi connectivity index (χ2n) is 4.38. The molecule has 4 atom stereocenters. The number of anilines is 2. The fraction of sp³-hybridized carbons (Fsp3) is 0.500. The fourth-order valence-electron chi connectivity index (χ4n) is 2.11. The predicted molar refractivity (Wildman–Crippen MR) is 68.4 cm³/mol. The number of aliphatic hydroxyl groups is 3. The van der Waals surface area contributed by atoms with Gasteiger partial charge in [0.2, 0.25) is 6.41 Å². The molecule has 1 aromatic heterocycles. The fourth-order valence-corrected chi connectivity index (χ4v) is 2.11. The molecule has 21 heavy (non-hydrogen) atoms. The van der Waals surface area contributed by atoms with Crippen LogP contribution in [0.1, 0.15) is 6.23 Å². The highest BCUT2D eigenvalue weighted by Crippen LogP contribution is 2.30. The lowest BCUT2D eigenvalue weighted by molar-refractivity contribution is -0.105. The Hall–Kier alpha value is -2.21. The molecule has 2 rings (SSSR count). The van der Waals surface area contributed by atoms with E-state index >= 15 is 0 Å². The molecule has 0 aliphatic carbocycles. The van der Waals surface area contributed by atoms with Gasteiger partial charge in [0.15, 0.2) is 6.23 Å². The molecule has 0 radical (unpaired) electrons. The lowest BCUT2D eigenvalue weighted by Crippen LogP contribution is -2.40. The molecule has 0 spiro atoms. The summed E-state index contributed by atoms with van der Waals surface area (Å²) >= 11 is 0. The zero-order chi connectivity index (χ0) is 15.7. The van der Waals surface area contributed by atoms with Crippen LogP contribution in [0.3, 0.4) is 0 Å². The number of amides is 1. The number of H-pyrrole nitrogens is 1. The smallest absolute Gasteiger partial charge is 0.332 e. The number of rotatable bonds is 4. The van der Waals surface area contributed by atoms with Gasteiger partial charge < -0.3 is 31.1 Å². The Morgan fingerprint density at radius 3 is 2.57 bits per heavy atom. The van der Waals surface area contributed by atoms with Crippen molar-refractivity contribution in [1.82, 2.24) is 9.55 Å². The van der Waals surface area contributed by atoms with Crippen molar-refractivity contribution in [2.75, 3.05) is 17.7 Å². The third-order valence-electron chi connectivity index (χ3n) is 3.16. The molecule has 116 valence electrons. The average Bonchev–Trinajstić information content (AvgIpc) is 2.71. The summed E-state index contributed by atoms with van der Waals surface area (Å²) in [7, 11) is 0. The SMILES string of the molecule is Nc1c(NC=O)c(=O)[nH]c(=O)n1[C@@H]1O[C@H](CO)[C@@H](O)[C@H]1O. The van der Waals surface area contributed by atoms with Gasteiger partial charge in [0, 0.05) is 0 Å². The van der Waals surface area contributed by atoms with Crippen LogP contribution in [0.15, 0.2) is 9.59 Å². The minimum absolute atomic E-state index is 0.188. The first-order valence-corrected chi connectivity index (χ1v) is 5.89. The number of hydrogen-bond acceptors (Lipinski definition) is 8. The van der Waals surface area contributed by atoms with Crippen molar-refractivity contribution in [2.45, 2.75) is 24.5 Å². The first-order chi connectivity index (χ1) is 9.92. The van der Waals surface area contributed by atoms with E-state index < -0.39 is 53.9 Å². The average molecular weight is 302 g/mol. The van der Waals surface area contributed by atoms with Gasteiger partial charge in [-0.25, -0.2) is 9.36 Å². The monoisotopic (exact) mass is 302 g/mol. The summed E-state index contributed by atoms with van der Waals surface area (Å²) in [6.45, 7) is -0.591. The molecule has 2 heterocycles. The minimum atomic E-state index is -1.56. The molecule has 1 amide bonds. The summed E-state index contributed by atoms with van der Waals surface area (Å²) in [6, 6.07) is 0. The number of carbonyl (C=O) groups is 1. The van der Waals surface area contributed by atoms with Crippen LogP contribution in [-0.4, -0.2) is 56.2 Å². The number of aliphatic hydroxyl groups excluding tert-OH is 3. The van der Waals surface area contributed by atoms with Crippen molar-refractivity contribution in [3.05, 3.63) is 20.8 Å². The molecular weight excluding hydrogens is 288 g/mol. The molecule has 0 unspecified atom stereocenters. The van der Waals surface area contributed by atoms with Gasteiger partial charge in [-0.1, -0.05) is 0 Å². The summed E-state index contributed by atoms with van der Waals surface area (Å²) in [5.74, 6) is -0.453. The molecule has 0 aromatic carbocycles. The number of ether oxygens (including phenoxy) is 1. The number of nitrogens with zero attached hydrogens (tertiary/aromatic N) is 1. The van der Waals surface area contributed by atoms with Gasteiger partial charge >= 0.3 is 5.69 Å². The highest BCUT2D eigenvalue weighted by atomic mass is 16.6. The maximum Gasteiger partial charge on any atom is 0.332 e. The van der Waals surface area contributed by atoms with Crippen LogP contribution in [0.4, 0.5) is 11.5 Å². The van der Waals surface area contributed by atoms with E-state index in [0.29, 0.717) is 4.57 Å². The van der Waals surface area contributed by atoms with E-state index in [1.54, 1.807) is 0 Å². The van der Waals surface area contributed by atoms with Crippen LogP contribution < -0.4 is 22.3 Å². The number of hydrogen-bond donors (Lipinski definition) is 6. The number of aromatic amines is 1. The highest BCUT2D eigenvalue weighted by molar-refractivity contribution is 5.77. The van der Waals surface area contributed by atoms with Crippen LogP contribution in [0.25, 0.3) is 0 Å². The van der Waals surface area contributed by atoms with Gasteiger partial charge in [-0.05, 0) is 0 Å². The van der Waals surface area contributed by atoms with Gasteiger partial charge in [-0.2, -0.15) is 0 Å². The maximum absolute atomic E-state index is 11.8. The quantitative estimate of drug-likeness (QED) is 0.307. The number of carbonyl (C=O) groups excluding carboxylic acids is 1. The van der Waals surface area contributed by atoms with E-state index in [1.165, 1.54) is 0 Å². The van der Waals surface area contributed by atoms with Crippen LogP contribution in [0.5, 0.6) is 0 Å².